The van der Waals surface area contributed by atoms with Crippen LogP contribution in [0.25, 0.3) is 6.08 Å². The molecule has 0 spiro atoms. The molecule has 0 saturated carbocycles. The number of aryl methyl sites for hydroxylation is 1. The zero-order valence-corrected chi connectivity index (χ0v) is 18.0. The van der Waals surface area contributed by atoms with Gasteiger partial charge in [-0.25, -0.2) is 13.2 Å². The fourth-order valence-corrected chi connectivity index (χ4v) is 4.27. The molecule has 0 saturated heterocycles. The maximum absolute atomic E-state index is 12.4. The van der Waals surface area contributed by atoms with E-state index in [0.717, 1.165) is 17.9 Å². The Morgan fingerprint density at radius 3 is 2.53 bits per heavy atom. The number of ether oxygens (including phenoxy) is 2. The minimum absolute atomic E-state index is 0.00460. The van der Waals surface area contributed by atoms with Gasteiger partial charge in [-0.15, -0.1) is 0 Å². The van der Waals surface area contributed by atoms with Crippen molar-refractivity contribution in [1.82, 2.24) is 0 Å². The maximum Gasteiger partial charge on any atom is 0.387 e. The summed E-state index contributed by atoms with van der Waals surface area (Å²) in [5, 5.41) is 0. The SMILES string of the molecule is CS(=O)(=O)N1CCCc2cc(C(=O)COC(=O)/C=C/c3ccc(OC(F)F)cc3)ccc21. The van der Waals surface area contributed by atoms with Gasteiger partial charge in [0, 0.05) is 18.2 Å². The number of carbonyl (C=O) groups is 2. The first-order chi connectivity index (χ1) is 15.1. The Morgan fingerprint density at radius 1 is 1.16 bits per heavy atom. The number of carbonyl (C=O) groups excluding carboxylic acids is 2. The minimum Gasteiger partial charge on any atom is -0.454 e. The van der Waals surface area contributed by atoms with Gasteiger partial charge in [0.1, 0.15) is 5.75 Å². The molecule has 0 radical (unpaired) electrons. The van der Waals surface area contributed by atoms with Crippen molar-refractivity contribution in [3.8, 4) is 5.75 Å². The predicted octanol–water partition coefficient (Wildman–Crippen LogP) is 3.44. The molecule has 0 bridgehead atoms. The average molecular weight is 465 g/mol. The van der Waals surface area contributed by atoms with Gasteiger partial charge in [0.25, 0.3) is 0 Å². The van der Waals surface area contributed by atoms with E-state index in [1.165, 1.54) is 40.7 Å². The summed E-state index contributed by atoms with van der Waals surface area (Å²) in [6.07, 6.45) is 4.96. The van der Waals surface area contributed by atoms with Crippen molar-refractivity contribution in [1.29, 1.82) is 0 Å². The molecular formula is C22H21F2NO6S. The zero-order chi connectivity index (χ0) is 23.3. The third-order valence-corrected chi connectivity index (χ3v) is 5.92. The number of sulfonamides is 1. The van der Waals surface area contributed by atoms with Crippen LogP contribution in [0.1, 0.15) is 27.9 Å². The Kier molecular flexibility index (Phi) is 7.24. The van der Waals surface area contributed by atoms with Crippen molar-refractivity contribution in [2.75, 3.05) is 23.7 Å². The molecule has 0 aliphatic carbocycles. The highest BCUT2D eigenvalue weighted by Crippen LogP contribution is 2.30. The van der Waals surface area contributed by atoms with Crippen LogP contribution in [0.15, 0.2) is 48.5 Å². The van der Waals surface area contributed by atoms with Crippen molar-refractivity contribution in [3.05, 3.63) is 65.2 Å². The minimum atomic E-state index is -3.40. The molecular weight excluding hydrogens is 444 g/mol. The van der Waals surface area contributed by atoms with Crippen LogP contribution in [0.3, 0.4) is 0 Å². The second kappa shape index (κ2) is 9.90. The van der Waals surface area contributed by atoms with E-state index in [2.05, 4.69) is 4.74 Å². The van der Waals surface area contributed by atoms with Crippen LogP contribution in [0.2, 0.25) is 0 Å². The highest BCUT2D eigenvalue weighted by atomic mass is 32.2. The highest BCUT2D eigenvalue weighted by molar-refractivity contribution is 7.92. The summed E-state index contributed by atoms with van der Waals surface area (Å²) in [5.74, 6) is -1.16. The highest BCUT2D eigenvalue weighted by Gasteiger charge is 2.24. The topological polar surface area (TPSA) is 90.0 Å². The Bertz CT molecular complexity index is 1130. The van der Waals surface area contributed by atoms with Gasteiger partial charge in [-0.05, 0) is 60.4 Å². The maximum atomic E-state index is 12.4. The normalized spacial score (nSPS) is 13.8. The average Bonchev–Trinajstić information content (AvgIpc) is 2.75. The van der Waals surface area contributed by atoms with Gasteiger partial charge in [0.2, 0.25) is 10.0 Å². The standard InChI is InChI=1S/C22H21F2NO6S/c1-32(28,29)25-12-2-3-16-13-17(7-10-19(16)25)20(26)14-30-21(27)11-6-15-4-8-18(9-5-15)31-22(23)24/h4-11,13,22H,2-3,12,14H2,1H3/b11-6+. The monoisotopic (exact) mass is 465 g/mol. The van der Waals surface area contributed by atoms with Crippen LogP contribution >= 0.6 is 0 Å². The number of benzene rings is 2. The summed E-state index contributed by atoms with van der Waals surface area (Å²) in [6, 6.07) is 10.4. The summed E-state index contributed by atoms with van der Waals surface area (Å²) >= 11 is 0. The number of ketones is 1. The first-order valence-corrected chi connectivity index (χ1v) is 11.5. The largest absolute Gasteiger partial charge is 0.454 e. The lowest BCUT2D eigenvalue weighted by molar-refractivity contribution is -0.136. The molecule has 0 fully saturated rings. The smallest absolute Gasteiger partial charge is 0.387 e. The van der Waals surface area contributed by atoms with E-state index < -0.39 is 35.0 Å². The molecule has 1 aliphatic heterocycles. The van der Waals surface area contributed by atoms with Gasteiger partial charge >= 0.3 is 12.6 Å². The van der Waals surface area contributed by atoms with Crippen LogP contribution in [0.5, 0.6) is 5.75 Å². The number of alkyl halides is 2. The molecule has 7 nitrogen and oxygen atoms in total. The second-order valence-electron chi connectivity index (χ2n) is 7.09. The molecule has 2 aromatic rings. The molecule has 0 unspecified atom stereocenters. The van der Waals surface area contributed by atoms with Gasteiger partial charge in [-0.3, -0.25) is 9.10 Å². The number of rotatable bonds is 8. The molecule has 0 amide bonds. The lowest BCUT2D eigenvalue weighted by Crippen LogP contribution is -2.34. The van der Waals surface area contributed by atoms with Crippen molar-refractivity contribution in [2.24, 2.45) is 0 Å². The first-order valence-electron chi connectivity index (χ1n) is 9.67. The number of esters is 1. The predicted molar refractivity (Wildman–Crippen MR) is 114 cm³/mol. The van der Waals surface area contributed by atoms with E-state index in [1.807, 2.05) is 0 Å². The lowest BCUT2D eigenvalue weighted by Gasteiger charge is -2.29. The van der Waals surface area contributed by atoms with Crippen LogP contribution in [-0.2, 0) is 26.0 Å². The molecule has 0 N–H and O–H groups in total. The molecule has 0 atom stereocenters. The summed E-state index contributed by atoms with van der Waals surface area (Å²) < 4.78 is 58.7. The first kappa shape index (κ1) is 23.4. The van der Waals surface area contributed by atoms with Gasteiger partial charge < -0.3 is 9.47 Å². The second-order valence-corrected chi connectivity index (χ2v) is 9.00. The number of halogens is 2. The van der Waals surface area contributed by atoms with E-state index >= 15 is 0 Å². The Hall–Kier alpha value is -3.27. The molecule has 1 aliphatic rings. The third kappa shape index (κ3) is 6.13. The lowest BCUT2D eigenvalue weighted by atomic mass is 9.99. The zero-order valence-electron chi connectivity index (χ0n) is 17.2. The van der Waals surface area contributed by atoms with Crippen molar-refractivity contribution in [2.45, 2.75) is 19.5 Å². The molecule has 170 valence electrons. The quantitative estimate of drug-likeness (QED) is 0.337. The van der Waals surface area contributed by atoms with Gasteiger partial charge in [0.15, 0.2) is 12.4 Å². The molecule has 0 aromatic heterocycles. The van der Waals surface area contributed by atoms with E-state index in [9.17, 15) is 26.8 Å². The number of Topliss-reactive ketones (excluding diaryl/α,β-unsaturated/α-hetero) is 1. The van der Waals surface area contributed by atoms with Crippen LogP contribution < -0.4 is 9.04 Å². The van der Waals surface area contributed by atoms with Crippen molar-refractivity contribution >= 4 is 33.5 Å². The number of nitrogens with zero attached hydrogens (tertiary/aromatic N) is 1. The molecule has 2 aromatic carbocycles. The summed E-state index contributed by atoms with van der Waals surface area (Å²) in [7, 11) is -3.40. The number of fused-ring (bicyclic) bond motifs is 1. The fourth-order valence-electron chi connectivity index (χ4n) is 3.27. The Labute approximate surface area is 184 Å². The summed E-state index contributed by atoms with van der Waals surface area (Å²) in [5.41, 5.74) is 2.18. The van der Waals surface area contributed by atoms with Crippen molar-refractivity contribution < 1.29 is 36.3 Å². The molecule has 32 heavy (non-hydrogen) atoms. The van der Waals surface area contributed by atoms with E-state index in [0.29, 0.717) is 36.2 Å². The van der Waals surface area contributed by atoms with Gasteiger partial charge in [-0.1, -0.05) is 12.1 Å². The van der Waals surface area contributed by atoms with Gasteiger partial charge in [-0.2, -0.15) is 8.78 Å². The summed E-state index contributed by atoms with van der Waals surface area (Å²) in [6.45, 7) is -3.00. The number of anilines is 1. The third-order valence-electron chi connectivity index (χ3n) is 4.74. The van der Waals surface area contributed by atoms with Crippen LogP contribution in [-0.4, -0.2) is 46.2 Å². The van der Waals surface area contributed by atoms with Crippen LogP contribution in [0.4, 0.5) is 14.5 Å². The van der Waals surface area contributed by atoms with Crippen molar-refractivity contribution in [3.63, 3.8) is 0 Å². The molecule has 10 heteroatoms. The molecule has 3 rings (SSSR count). The summed E-state index contributed by atoms with van der Waals surface area (Å²) in [4.78, 5) is 24.3. The van der Waals surface area contributed by atoms with E-state index in [1.54, 1.807) is 12.1 Å². The van der Waals surface area contributed by atoms with Crippen LogP contribution in [0, 0.1) is 0 Å². The fraction of sp³-hybridized carbons (Fsp3) is 0.273. The van der Waals surface area contributed by atoms with E-state index in [4.69, 9.17) is 4.74 Å². The Balaban J connectivity index is 1.57. The number of hydrogen-bond acceptors (Lipinski definition) is 6. The van der Waals surface area contributed by atoms with Gasteiger partial charge in [0.05, 0.1) is 11.9 Å². The number of hydrogen-bond donors (Lipinski definition) is 0. The Morgan fingerprint density at radius 2 is 1.88 bits per heavy atom. The molecule has 1 heterocycles. The van der Waals surface area contributed by atoms with E-state index in [-0.39, 0.29) is 5.75 Å².